The molecule has 0 aliphatic rings. The molecule has 0 amide bonds. The molecule has 1 aromatic heterocycles. The van der Waals surface area contributed by atoms with Gasteiger partial charge in [-0.25, -0.2) is 4.98 Å². The van der Waals surface area contributed by atoms with E-state index in [-0.39, 0.29) is 6.04 Å². The average molecular weight is 281 g/mol. The van der Waals surface area contributed by atoms with E-state index in [1.807, 2.05) is 31.3 Å². The van der Waals surface area contributed by atoms with Crippen molar-refractivity contribution in [1.82, 2.24) is 10.3 Å². The first-order valence-electron chi connectivity index (χ1n) is 6.00. The van der Waals surface area contributed by atoms with E-state index in [0.29, 0.717) is 5.92 Å². The third kappa shape index (κ3) is 2.91. The number of hydrogen-bond acceptors (Lipinski definition) is 3. The van der Waals surface area contributed by atoms with Crippen molar-refractivity contribution < 1.29 is 0 Å². The Bertz CT molecular complexity index is 505. The van der Waals surface area contributed by atoms with Gasteiger partial charge >= 0.3 is 0 Å². The predicted octanol–water partition coefficient (Wildman–Crippen LogP) is 4.23. The molecule has 0 saturated carbocycles. The summed E-state index contributed by atoms with van der Waals surface area (Å²) in [6, 6.07) is 8.05. The topological polar surface area (TPSA) is 24.9 Å². The van der Waals surface area contributed by atoms with Gasteiger partial charge in [0, 0.05) is 10.4 Å². The predicted molar refractivity (Wildman–Crippen MR) is 78.6 cm³/mol. The maximum absolute atomic E-state index is 5.92. The highest BCUT2D eigenvalue weighted by atomic mass is 35.5. The van der Waals surface area contributed by atoms with E-state index in [1.54, 1.807) is 11.3 Å². The third-order valence-electron chi connectivity index (χ3n) is 2.87. The molecule has 0 aliphatic carbocycles. The maximum atomic E-state index is 5.92. The Morgan fingerprint density at radius 3 is 2.39 bits per heavy atom. The minimum Gasteiger partial charge on any atom is -0.307 e. The fraction of sp³-hybridized carbons (Fsp3) is 0.357. The molecule has 0 saturated heterocycles. The van der Waals surface area contributed by atoms with Crippen molar-refractivity contribution in [3.8, 4) is 0 Å². The summed E-state index contributed by atoms with van der Waals surface area (Å²) in [5, 5.41) is 7.31. The molecule has 1 heterocycles. The summed E-state index contributed by atoms with van der Waals surface area (Å²) in [7, 11) is 1.95. The molecule has 0 bridgehead atoms. The third-order valence-corrected chi connectivity index (χ3v) is 4.05. The summed E-state index contributed by atoms with van der Waals surface area (Å²) in [5.41, 5.74) is 2.34. The highest BCUT2D eigenvalue weighted by Gasteiger charge is 2.16. The fourth-order valence-corrected chi connectivity index (χ4v) is 3.03. The summed E-state index contributed by atoms with van der Waals surface area (Å²) >= 11 is 7.62. The van der Waals surface area contributed by atoms with Gasteiger partial charge < -0.3 is 5.32 Å². The zero-order chi connectivity index (χ0) is 13.1. The van der Waals surface area contributed by atoms with Crippen LogP contribution in [0.4, 0.5) is 0 Å². The van der Waals surface area contributed by atoms with Crippen LogP contribution >= 0.6 is 22.9 Å². The summed E-state index contributed by atoms with van der Waals surface area (Å²) in [6.07, 6.45) is 0. The largest absolute Gasteiger partial charge is 0.307 e. The molecule has 1 unspecified atom stereocenters. The number of aromatic nitrogens is 1. The Kier molecular flexibility index (Phi) is 4.38. The molecule has 1 atom stereocenters. The second-order valence-corrected chi connectivity index (χ2v) is 5.86. The first-order valence-corrected chi connectivity index (χ1v) is 7.25. The number of nitrogens with one attached hydrogen (secondary N) is 1. The lowest BCUT2D eigenvalue weighted by atomic mass is 10.1. The number of benzene rings is 1. The quantitative estimate of drug-likeness (QED) is 0.907. The molecule has 4 heteroatoms. The van der Waals surface area contributed by atoms with E-state index < -0.39 is 0 Å². The van der Waals surface area contributed by atoms with Crippen LogP contribution in [0.15, 0.2) is 29.6 Å². The molecule has 0 spiro atoms. The van der Waals surface area contributed by atoms with Crippen molar-refractivity contribution in [2.24, 2.45) is 0 Å². The van der Waals surface area contributed by atoms with Crippen molar-refractivity contribution in [1.29, 1.82) is 0 Å². The average Bonchev–Trinajstić information content (AvgIpc) is 2.82. The Hall–Kier alpha value is -0.900. The molecule has 18 heavy (non-hydrogen) atoms. The van der Waals surface area contributed by atoms with Gasteiger partial charge in [-0.2, -0.15) is 0 Å². The van der Waals surface area contributed by atoms with Gasteiger partial charge in [-0.05, 0) is 30.7 Å². The molecule has 2 rings (SSSR count). The van der Waals surface area contributed by atoms with Crippen LogP contribution in [-0.4, -0.2) is 12.0 Å². The minimum absolute atomic E-state index is 0.139. The van der Waals surface area contributed by atoms with E-state index in [9.17, 15) is 0 Å². The van der Waals surface area contributed by atoms with Gasteiger partial charge in [-0.3, -0.25) is 0 Å². The summed E-state index contributed by atoms with van der Waals surface area (Å²) < 4.78 is 0. The Morgan fingerprint density at radius 1 is 1.22 bits per heavy atom. The molecule has 1 aromatic carbocycles. The van der Waals surface area contributed by atoms with Crippen LogP contribution < -0.4 is 5.32 Å². The summed E-state index contributed by atoms with van der Waals surface area (Å²) in [6.45, 7) is 4.32. The Morgan fingerprint density at radius 2 is 1.89 bits per heavy atom. The van der Waals surface area contributed by atoms with Gasteiger partial charge in [0.05, 0.1) is 11.7 Å². The Labute approximate surface area is 117 Å². The molecular weight excluding hydrogens is 264 g/mol. The van der Waals surface area contributed by atoms with Crippen molar-refractivity contribution >= 4 is 22.9 Å². The Balaban J connectivity index is 2.29. The van der Waals surface area contributed by atoms with Crippen molar-refractivity contribution in [3.63, 3.8) is 0 Å². The summed E-state index contributed by atoms with van der Waals surface area (Å²) in [4.78, 5) is 4.70. The first kappa shape index (κ1) is 13.5. The van der Waals surface area contributed by atoms with E-state index in [0.717, 1.165) is 15.7 Å². The summed E-state index contributed by atoms with van der Waals surface area (Å²) in [5.74, 6) is 0.470. The van der Waals surface area contributed by atoms with Crippen LogP contribution in [0.1, 0.15) is 42.1 Å². The number of thiazole rings is 1. The zero-order valence-corrected chi connectivity index (χ0v) is 12.3. The lowest BCUT2D eigenvalue weighted by molar-refractivity contribution is 0.679. The van der Waals surface area contributed by atoms with Crippen molar-refractivity contribution in [3.05, 3.63) is 50.9 Å². The van der Waals surface area contributed by atoms with E-state index in [1.165, 1.54) is 5.56 Å². The molecule has 2 aromatic rings. The van der Waals surface area contributed by atoms with E-state index in [2.05, 4.69) is 24.5 Å². The number of halogens is 1. The standard InChI is InChI=1S/C14H17ClN2S/c1-9(2)12-8-18-14(17-12)13(16-3)10-4-6-11(15)7-5-10/h4-9,13,16H,1-3H3. The van der Waals surface area contributed by atoms with E-state index >= 15 is 0 Å². The van der Waals surface area contributed by atoms with Crippen LogP contribution in [-0.2, 0) is 0 Å². The molecule has 0 fully saturated rings. The normalized spacial score (nSPS) is 12.9. The molecule has 96 valence electrons. The molecular formula is C14H17ClN2S. The SMILES string of the molecule is CNC(c1ccc(Cl)cc1)c1nc(C(C)C)cs1. The maximum Gasteiger partial charge on any atom is 0.114 e. The fourth-order valence-electron chi connectivity index (χ4n) is 1.79. The second-order valence-electron chi connectivity index (χ2n) is 4.54. The van der Waals surface area contributed by atoms with Crippen LogP contribution in [0.25, 0.3) is 0 Å². The van der Waals surface area contributed by atoms with Crippen LogP contribution in [0.5, 0.6) is 0 Å². The lowest BCUT2D eigenvalue weighted by Gasteiger charge is -2.14. The van der Waals surface area contributed by atoms with E-state index in [4.69, 9.17) is 16.6 Å². The second kappa shape index (κ2) is 5.83. The van der Waals surface area contributed by atoms with Crippen LogP contribution in [0, 0.1) is 0 Å². The number of nitrogens with zero attached hydrogens (tertiary/aromatic N) is 1. The zero-order valence-electron chi connectivity index (χ0n) is 10.8. The minimum atomic E-state index is 0.139. The molecule has 0 radical (unpaired) electrons. The van der Waals surface area contributed by atoms with Gasteiger partial charge in [-0.1, -0.05) is 37.6 Å². The number of rotatable bonds is 4. The smallest absolute Gasteiger partial charge is 0.114 e. The van der Waals surface area contributed by atoms with Crippen molar-refractivity contribution in [2.45, 2.75) is 25.8 Å². The monoisotopic (exact) mass is 280 g/mol. The molecule has 0 aliphatic heterocycles. The highest BCUT2D eigenvalue weighted by Crippen LogP contribution is 2.27. The number of hydrogen-bond donors (Lipinski definition) is 1. The first-order chi connectivity index (χ1) is 8.61. The van der Waals surface area contributed by atoms with Gasteiger partial charge in [-0.15, -0.1) is 11.3 Å². The van der Waals surface area contributed by atoms with Crippen LogP contribution in [0.2, 0.25) is 5.02 Å². The van der Waals surface area contributed by atoms with Gasteiger partial charge in [0.25, 0.3) is 0 Å². The molecule has 1 N–H and O–H groups in total. The molecule has 2 nitrogen and oxygen atoms in total. The van der Waals surface area contributed by atoms with Crippen molar-refractivity contribution in [2.75, 3.05) is 7.05 Å². The van der Waals surface area contributed by atoms with Gasteiger partial charge in [0.2, 0.25) is 0 Å². The van der Waals surface area contributed by atoms with Crippen LogP contribution in [0.3, 0.4) is 0 Å². The highest BCUT2D eigenvalue weighted by molar-refractivity contribution is 7.09. The van der Waals surface area contributed by atoms with Gasteiger partial charge in [0.1, 0.15) is 5.01 Å². The van der Waals surface area contributed by atoms with Gasteiger partial charge in [0.15, 0.2) is 0 Å². The lowest BCUT2D eigenvalue weighted by Crippen LogP contribution is -2.17.